The summed E-state index contributed by atoms with van der Waals surface area (Å²) < 4.78 is 6.27. The van der Waals surface area contributed by atoms with Crippen molar-refractivity contribution in [1.29, 1.82) is 0 Å². The van der Waals surface area contributed by atoms with Crippen molar-refractivity contribution in [2.24, 2.45) is 0 Å². The van der Waals surface area contributed by atoms with E-state index in [1.54, 1.807) is 24.3 Å². The number of hydrogen-bond acceptors (Lipinski definition) is 4. The van der Waals surface area contributed by atoms with E-state index in [1.807, 2.05) is 6.92 Å². The van der Waals surface area contributed by atoms with E-state index in [2.05, 4.69) is 5.10 Å². The zero-order chi connectivity index (χ0) is 14.5. The Kier molecular flexibility index (Phi) is 4.14. The van der Waals surface area contributed by atoms with Gasteiger partial charge in [-0.05, 0) is 31.2 Å². The van der Waals surface area contributed by atoms with E-state index in [0.29, 0.717) is 17.9 Å². The summed E-state index contributed by atoms with van der Waals surface area (Å²) >= 11 is 0. The number of ether oxygens (including phenoxy) is 1. The maximum Gasteiger partial charge on any atom is 0.265 e. The number of carbonyl (C=O) groups is 1. The van der Waals surface area contributed by atoms with Gasteiger partial charge in [-0.25, -0.2) is 4.68 Å². The zero-order valence-electron chi connectivity index (χ0n) is 11.0. The molecule has 0 radical (unpaired) electrons. The van der Waals surface area contributed by atoms with E-state index >= 15 is 0 Å². The van der Waals surface area contributed by atoms with E-state index in [4.69, 9.17) is 4.74 Å². The van der Waals surface area contributed by atoms with Gasteiger partial charge in [0, 0.05) is 17.7 Å². The highest BCUT2D eigenvalue weighted by Crippen LogP contribution is 2.12. The van der Waals surface area contributed by atoms with Crippen molar-refractivity contribution in [3.05, 3.63) is 62.7 Å². The van der Waals surface area contributed by atoms with Crippen LogP contribution in [0, 0.1) is 0 Å². The van der Waals surface area contributed by atoms with Crippen LogP contribution in [-0.4, -0.2) is 22.2 Å². The molecule has 0 saturated heterocycles. The molecule has 0 aliphatic rings. The third-order valence-corrected chi connectivity index (χ3v) is 2.68. The molecule has 1 aromatic carbocycles. The summed E-state index contributed by atoms with van der Waals surface area (Å²) in [6.07, 6.45) is 0. The number of rotatable bonds is 5. The van der Waals surface area contributed by atoms with Gasteiger partial charge in [0.25, 0.3) is 11.1 Å². The second-order valence-corrected chi connectivity index (χ2v) is 4.11. The molecule has 0 amide bonds. The first kappa shape index (κ1) is 13.8. The highest BCUT2D eigenvalue weighted by molar-refractivity contribution is 5.95. The van der Waals surface area contributed by atoms with Crippen molar-refractivity contribution in [1.82, 2.24) is 9.78 Å². The van der Waals surface area contributed by atoms with Crippen LogP contribution in [0.4, 0.5) is 0 Å². The molecule has 0 aliphatic heterocycles. The van der Waals surface area contributed by atoms with Crippen LogP contribution < -0.4 is 15.9 Å². The van der Waals surface area contributed by atoms with Gasteiger partial charge in [0.1, 0.15) is 12.3 Å². The quantitative estimate of drug-likeness (QED) is 0.818. The molecule has 20 heavy (non-hydrogen) atoms. The predicted octanol–water partition coefficient (Wildman–Crippen LogP) is 0.818. The van der Waals surface area contributed by atoms with Gasteiger partial charge in [-0.15, -0.1) is 0 Å². The molecule has 0 unspecified atom stereocenters. The molecular weight excluding hydrogens is 260 g/mol. The molecule has 0 aliphatic carbocycles. The van der Waals surface area contributed by atoms with Crippen molar-refractivity contribution in [2.75, 3.05) is 6.61 Å². The van der Waals surface area contributed by atoms with Gasteiger partial charge >= 0.3 is 0 Å². The number of carbonyl (C=O) groups excluding carboxylic acids is 1. The maximum atomic E-state index is 12.0. The van der Waals surface area contributed by atoms with Crippen molar-refractivity contribution in [2.45, 2.75) is 13.5 Å². The Labute approximate surface area is 114 Å². The van der Waals surface area contributed by atoms with Gasteiger partial charge < -0.3 is 4.74 Å². The lowest BCUT2D eigenvalue weighted by molar-refractivity contribution is 0.0965. The number of benzene rings is 1. The van der Waals surface area contributed by atoms with Crippen LogP contribution in [0.1, 0.15) is 17.3 Å². The highest BCUT2D eigenvalue weighted by atomic mass is 16.5. The molecule has 0 saturated carbocycles. The van der Waals surface area contributed by atoms with Crippen LogP contribution in [0.2, 0.25) is 0 Å². The normalized spacial score (nSPS) is 10.2. The van der Waals surface area contributed by atoms with E-state index < -0.39 is 11.1 Å². The topological polar surface area (TPSA) is 81.2 Å². The second kappa shape index (κ2) is 6.01. The minimum absolute atomic E-state index is 0.205. The highest BCUT2D eigenvalue weighted by Gasteiger charge is 2.08. The number of Topliss-reactive ketones (excluding diaryl/α,β-unsaturated/α-hetero) is 1. The van der Waals surface area contributed by atoms with Gasteiger partial charge in [0.15, 0.2) is 5.78 Å². The molecule has 2 rings (SSSR count). The molecule has 1 heterocycles. The second-order valence-electron chi connectivity index (χ2n) is 4.11. The Morgan fingerprint density at radius 3 is 2.50 bits per heavy atom. The Morgan fingerprint density at radius 1 is 1.15 bits per heavy atom. The maximum absolute atomic E-state index is 12.0. The molecule has 0 bridgehead atoms. The molecule has 6 nitrogen and oxygen atoms in total. The number of nitrogens with one attached hydrogen (secondary N) is 1. The molecule has 1 N–H and O–H groups in total. The first-order chi connectivity index (χ1) is 9.60. The van der Waals surface area contributed by atoms with Crippen molar-refractivity contribution < 1.29 is 9.53 Å². The molecule has 2 aromatic rings. The third kappa shape index (κ3) is 3.23. The summed E-state index contributed by atoms with van der Waals surface area (Å²) in [5, 5.41) is 2.31. The molecule has 0 spiro atoms. The van der Waals surface area contributed by atoms with Crippen molar-refractivity contribution in [3.8, 4) is 5.75 Å². The standard InChI is InChI=1S/C14H14N2O4/c1-2-20-11-5-3-10(4-6-11)12(17)9-16-14(19)8-7-13(18)15-16/h3-8H,2,9H2,1H3,(H,15,18). The fraction of sp³-hybridized carbons (Fsp3) is 0.214. The van der Waals surface area contributed by atoms with Gasteiger partial charge in [0.2, 0.25) is 0 Å². The van der Waals surface area contributed by atoms with Crippen LogP contribution >= 0.6 is 0 Å². The predicted molar refractivity (Wildman–Crippen MR) is 73.3 cm³/mol. The zero-order valence-corrected chi connectivity index (χ0v) is 11.0. The molecular formula is C14H14N2O4. The summed E-state index contributed by atoms with van der Waals surface area (Å²) in [6, 6.07) is 8.88. The van der Waals surface area contributed by atoms with Gasteiger partial charge in [0.05, 0.1) is 6.61 Å². The van der Waals surface area contributed by atoms with E-state index in [0.717, 1.165) is 16.8 Å². The Balaban J connectivity index is 2.17. The summed E-state index contributed by atoms with van der Waals surface area (Å²) in [5.41, 5.74) is -0.405. The minimum Gasteiger partial charge on any atom is -0.494 e. The number of aromatic nitrogens is 2. The third-order valence-electron chi connectivity index (χ3n) is 2.68. The fourth-order valence-corrected chi connectivity index (χ4v) is 1.72. The molecule has 0 atom stereocenters. The smallest absolute Gasteiger partial charge is 0.265 e. The largest absolute Gasteiger partial charge is 0.494 e. The number of ketones is 1. The molecule has 104 valence electrons. The van der Waals surface area contributed by atoms with E-state index in [9.17, 15) is 14.4 Å². The van der Waals surface area contributed by atoms with Gasteiger partial charge in [-0.2, -0.15) is 0 Å². The number of nitrogens with zero attached hydrogens (tertiary/aromatic N) is 1. The van der Waals surface area contributed by atoms with E-state index in [-0.39, 0.29) is 12.3 Å². The summed E-state index contributed by atoms with van der Waals surface area (Å²) in [5.74, 6) is 0.409. The molecule has 1 aromatic heterocycles. The molecule has 6 heteroatoms. The van der Waals surface area contributed by atoms with Crippen molar-refractivity contribution >= 4 is 5.78 Å². The fourth-order valence-electron chi connectivity index (χ4n) is 1.72. The number of hydrogen-bond donors (Lipinski definition) is 1. The summed E-state index contributed by atoms with van der Waals surface area (Å²) in [4.78, 5) is 34.7. The molecule has 0 fully saturated rings. The monoisotopic (exact) mass is 274 g/mol. The van der Waals surface area contributed by atoms with Gasteiger partial charge in [-0.3, -0.25) is 19.5 Å². The Hall–Kier alpha value is -2.63. The minimum atomic E-state index is -0.427. The number of aromatic amines is 1. The average molecular weight is 274 g/mol. The van der Waals surface area contributed by atoms with E-state index in [1.165, 1.54) is 0 Å². The van der Waals surface area contributed by atoms with Crippen molar-refractivity contribution in [3.63, 3.8) is 0 Å². The first-order valence-corrected chi connectivity index (χ1v) is 6.16. The SMILES string of the molecule is CCOc1ccc(C(=O)Cn2[nH]c(=O)ccc2=O)cc1. The van der Waals surface area contributed by atoms with Gasteiger partial charge in [-0.1, -0.05) is 0 Å². The van der Waals surface area contributed by atoms with Crippen LogP contribution in [-0.2, 0) is 6.54 Å². The average Bonchev–Trinajstić information content (AvgIpc) is 2.44. The Bertz CT molecular complexity index is 713. The lowest BCUT2D eigenvalue weighted by Gasteiger charge is -2.06. The lowest BCUT2D eigenvalue weighted by Crippen LogP contribution is -2.30. The number of H-pyrrole nitrogens is 1. The summed E-state index contributed by atoms with van der Waals surface area (Å²) in [6.45, 7) is 2.22. The summed E-state index contributed by atoms with van der Waals surface area (Å²) in [7, 11) is 0. The van der Waals surface area contributed by atoms with Crippen LogP contribution in [0.15, 0.2) is 46.0 Å². The van der Waals surface area contributed by atoms with Crippen LogP contribution in [0.25, 0.3) is 0 Å². The first-order valence-electron chi connectivity index (χ1n) is 6.16. The van der Waals surface area contributed by atoms with Crippen LogP contribution in [0.3, 0.4) is 0 Å². The lowest BCUT2D eigenvalue weighted by atomic mass is 10.1. The van der Waals surface area contributed by atoms with Crippen LogP contribution in [0.5, 0.6) is 5.75 Å². The Morgan fingerprint density at radius 2 is 1.85 bits per heavy atom.